The van der Waals surface area contributed by atoms with E-state index in [9.17, 15) is 14.4 Å². The van der Waals surface area contributed by atoms with E-state index >= 15 is 0 Å². The van der Waals surface area contributed by atoms with E-state index in [2.05, 4.69) is 4.98 Å². The Balaban J connectivity index is 1.65. The first-order chi connectivity index (χ1) is 14.9. The first-order valence-electron chi connectivity index (χ1n) is 9.56. The van der Waals surface area contributed by atoms with Crippen LogP contribution in [0.2, 0.25) is 5.02 Å². The summed E-state index contributed by atoms with van der Waals surface area (Å²) in [7, 11) is 1.59. The minimum Gasteiger partial charge on any atom is -0.497 e. The number of imide groups is 1. The summed E-state index contributed by atoms with van der Waals surface area (Å²) in [6.45, 7) is 0. The van der Waals surface area contributed by atoms with Crippen LogP contribution in [0.3, 0.4) is 0 Å². The number of rotatable bonds is 3. The number of hydrogen-bond donors (Lipinski definition) is 1. The van der Waals surface area contributed by atoms with Crippen molar-refractivity contribution in [1.29, 1.82) is 0 Å². The van der Waals surface area contributed by atoms with Gasteiger partial charge in [-0.2, -0.15) is 0 Å². The number of halogens is 1. The summed E-state index contributed by atoms with van der Waals surface area (Å²) in [5.41, 5.74) is 0.396. The van der Waals surface area contributed by atoms with Gasteiger partial charge in [-0.1, -0.05) is 35.1 Å². The van der Waals surface area contributed by atoms with Crippen LogP contribution in [0, 0.1) is 5.41 Å². The third-order valence-electron chi connectivity index (χ3n) is 5.81. The van der Waals surface area contributed by atoms with Gasteiger partial charge in [0.2, 0.25) is 11.8 Å². The summed E-state index contributed by atoms with van der Waals surface area (Å²) >= 11 is 8.52. The maximum atomic E-state index is 13.9. The van der Waals surface area contributed by atoms with Gasteiger partial charge in [0.05, 0.1) is 23.2 Å². The van der Waals surface area contributed by atoms with Crippen molar-refractivity contribution in [2.45, 2.75) is 17.4 Å². The van der Waals surface area contributed by atoms with Gasteiger partial charge in [0.25, 0.3) is 0 Å². The second-order valence-corrected chi connectivity index (χ2v) is 9.98. The van der Waals surface area contributed by atoms with Crippen LogP contribution >= 0.6 is 34.7 Å². The van der Waals surface area contributed by atoms with Gasteiger partial charge in [-0.05, 0) is 42.0 Å². The fourth-order valence-corrected chi connectivity index (χ4v) is 7.06. The minimum absolute atomic E-state index is 0.0731. The molecule has 1 fully saturated rings. The van der Waals surface area contributed by atoms with Crippen LogP contribution < -0.4 is 14.5 Å². The zero-order valence-electron chi connectivity index (χ0n) is 16.4. The van der Waals surface area contributed by atoms with Crippen LogP contribution in [-0.4, -0.2) is 29.7 Å². The predicted molar refractivity (Wildman–Crippen MR) is 121 cm³/mol. The molecule has 6 nitrogen and oxygen atoms in total. The summed E-state index contributed by atoms with van der Waals surface area (Å²) in [5.74, 6) is 0.185. The standard InChI is InChI=1S/C22H17ClN2O4S2/c1-29-15-8-2-12(3-9-15)17-18-19(24-21(28)31-18)30-11-22(17)10-16(26)25(20(22)27)14-6-4-13(23)5-7-14/h2-9,17H,10-11H2,1H3,(H,24,28)/t17-,22-/m0/s1. The zero-order valence-corrected chi connectivity index (χ0v) is 18.8. The molecule has 2 atom stereocenters. The van der Waals surface area contributed by atoms with E-state index in [0.29, 0.717) is 22.2 Å². The molecule has 0 radical (unpaired) electrons. The van der Waals surface area contributed by atoms with Crippen molar-refractivity contribution in [3.63, 3.8) is 0 Å². The highest BCUT2D eigenvalue weighted by molar-refractivity contribution is 7.99. The molecular formula is C22H17ClN2O4S2. The molecule has 9 heteroatoms. The predicted octanol–water partition coefficient (Wildman–Crippen LogP) is 4.29. The Hall–Kier alpha value is -2.55. The van der Waals surface area contributed by atoms with Crippen molar-refractivity contribution in [1.82, 2.24) is 4.98 Å². The van der Waals surface area contributed by atoms with E-state index < -0.39 is 11.3 Å². The molecule has 1 spiro atoms. The number of thioether (sulfide) groups is 1. The van der Waals surface area contributed by atoms with Gasteiger partial charge in [0.1, 0.15) is 5.75 Å². The molecule has 0 aliphatic carbocycles. The van der Waals surface area contributed by atoms with E-state index in [1.165, 1.54) is 16.7 Å². The number of hydrogen-bond acceptors (Lipinski definition) is 6. The van der Waals surface area contributed by atoms with Crippen LogP contribution in [-0.2, 0) is 9.59 Å². The number of benzene rings is 2. The largest absolute Gasteiger partial charge is 0.497 e. The Morgan fingerprint density at radius 1 is 1.10 bits per heavy atom. The number of amides is 2. The quantitative estimate of drug-likeness (QED) is 0.575. The Bertz CT molecular complexity index is 1240. The van der Waals surface area contributed by atoms with Crippen molar-refractivity contribution >= 4 is 52.2 Å². The summed E-state index contributed by atoms with van der Waals surface area (Å²) in [4.78, 5) is 43.9. The number of fused-ring (bicyclic) bond motifs is 1. The van der Waals surface area contributed by atoms with E-state index in [0.717, 1.165) is 26.8 Å². The number of carbonyl (C=O) groups is 2. The van der Waals surface area contributed by atoms with Crippen LogP contribution in [0.25, 0.3) is 0 Å². The normalized spacial score (nSPS) is 22.8. The fourth-order valence-electron chi connectivity index (χ4n) is 4.38. The fraction of sp³-hybridized carbons (Fsp3) is 0.227. The number of aromatic nitrogens is 1. The van der Waals surface area contributed by atoms with Gasteiger partial charge in [-0.15, -0.1) is 11.8 Å². The molecule has 5 rings (SSSR count). The first kappa shape index (κ1) is 20.4. The van der Waals surface area contributed by atoms with Crippen LogP contribution in [0.4, 0.5) is 5.69 Å². The minimum atomic E-state index is -0.978. The SMILES string of the molecule is COc1ccc([C@H]2c3sc(=O)[nH]c3SC[C@@]23CC(=O)N(c2ccc(Cl)cc2)C3=O)cc1. The monoisotopic (exact) mass is 472 g/mol. The zero-order chi connectivity index (χ0) is 21.8. The Morgan fingerprint density at radius 3 is 2.48 bits per heavy atom. The number of carbonyl (C=O) groups excluding carboxylic acids is 2. The van der Waals surface area contributed by atoms with Crippen LogP contribution in [0.5, 0.6) is 5.75 Å². The summed E-state index contributed by atoms with van der Waals surface area (Å²) < 4.78 is 5.27. The van der Waals surface area contributed by atoms with Crippen molar-refractivity contribution in [2.75, 3.05) is 17.8 Å². The third kappa shape index (κ3) is 3.21. The molecule has 2 aliphatic heterocycles. The molecule has 1 saturated heterocycles. The second kappa shape index (κ2) is 7.55. The van der Waals surface area contributed by atoms with Crippen molar-refractivity contribution in [3.05, 3.63) is 73.7 Å². The Labute approximate surface area is 191 Å². The molecular weight excluding hydrogens is 456 g/mol. The number of nitrogens with zero attached hydrogens (tertiary/aromatic N) is 1. The second-order valence-electron chi connectivity index (χ2n) is 7.55. The van der Waals surface area contributed by atoms with Crippen molar-refractivity contribution in [3.8, 4) is 5.75 Å². The van der Waals surface area contributed by atoms with Gasteiger partial charge >= 0.3 is 4.87 Å². The molecule has 1 aromatic heterocycles. The smallest absolute Gasteiger partial charge is 0.305 e. The average Bonchev–Trinajstić information content (AvgIpc) is 3.25. The summed E-state index contributed by atoms with van der Waals surface area (Å²) in [6, 6.07) is 14.1. The van der Waals surface area contributed by atoms with E-state index in [1.807, 2.05) is 24.3 Å². The maximum Gasteiger partial charge on any atom is 0.305 e. The topological polar surface area (TPSA) is 79.5 Å². The Morgan fingerprint density at radius 2 is 1.81 bits per heavy atom. The number of thiazole rings is 1. The van der Waals surface area contributed by atoms with Gasteiger partial charge < -0.3 is 9.72 Å². The van der Waals surface area contributed by atoms with Gasteiger partial charge in [-0.3, -0.25) is 14.4 Å². The van der Waals surface area contributed by atoms with Gasteiger partial charge in [-0.25, -0.2) is 4.90 Å². The lowest BCUT2D eigenvalue weighted by Gasteiger charge is -2.38. The molecule has 2 aliphatic rings. The lowest BCUT2D eigenvalue weighted by Crippen LogP contribution is -2.43. The summed E-state index contributed by atoms with van der Waals surface area (Å²) in [6.07, 6.45) is 0.0731. The molecule has 3 heterocycles. The maximum absolute atomic E-state index is 13.9. The first-order valence-corrected chi connectivity index (χ1v) is 11.7. The molecule has 0 unspecified atom stereocenters. The van der Waals surface area contributed by atoms with Crippen molar-refractivity contribution in [2.24, 2.45) is 5.41 Å². The molecule has 1 N–H and O–H groups in total. The molecule has 0 bridgehead atoms. The highest BCUT2D eigenvalue weighted by Gasteiger charge is 2.59. The molecule has 158 valence electrons. The summed E-state index contributed by atoms with van der Waals surface area (Å²) in [5, 5.41) is 1.30. The molecule has 0 saturated carbocycles. The molecule has 3 aromatic rings. The lowest BCUT2D eigenvalue weighted by atomic mass is 9.71. The molecule has 31 heavy (non-hydrogen) atoms. The third-order valence-corrected chi connectivity index (χ3v) is 8.41. The molecule has 2 aromatic carbocycles. The van der Waals surface area contributed by atoms with Crippen LogP contribution in [0.15, 0.2) is 58.4 Å². The van der Waals surface area contributed by atoms with Gasteiger partial charge in [0.15, 0.2) is 0 Å². The highest BCUT2D eigenvalue weighted by Crippen LogP contribution is 2.57. The van der Waals surface area contributed by atoms with E-state index in [4.69, 9.17) is 16.3 Å². The molecule has 2 amide bonds. The van der Waals surface area contributed by atoms with Crippen LogP contribution in [0.1, 0.15) is 22.8 Å². The number of nitrogens with one attached hydrogen (secondary N) is 1. The Kier molecular flexibility index (Phi) is 4.96. The number of ether oxygens (including phenoxy) is 1. The number of aromatic amines is 1. The lowest BCUT2D eigenvalue weighted by molar-refractivity contribution is -0.125. The van der Waals surface area contributed by atoms with Gasteiger partial charge in [0, 0.05) is 28.0 Å². The number of methoxy groups -OCH3 is 1. The highest BCUT2D eigenvalue weighted by atomic mass is 35.5. The average molecular weight is 473 g/mol. The van der Waals surface area contributed by atoms with E-state index in [1.54, 1.807) is 31.4 Å². The number of anilines is 1. The van der Waals surface area contributed by atoms with E-state index in [-0.39, 0.29) is 23.1 Å². The van der Waals surface area contributed by atoms with Crippen molar-refractivity contribution < 1.29 is 14.3 Å². The number of H-pyrrole nitrogens is 1.